The molecule has 0 aliphatic carbocycles. The van der Waals surface area contributed by atoms with Crippen LogP contribution in [-0.4, -0.2) is 67.4 Å². The number of thiophene rings is 1. The molecule has 0 unspecified atom stereocenters. The first kappa shape index (κ1) is 30.2. The quantitative estimate of drug-likeness (QED) is 0.236. The van der Waals surface area contributed by atoms with Crippen molar-refractivity contribution in [3.63, 3.8) is 0 Å². The summed E-state index contributed by atoms with van der Waals surface area (Å²) in [4.78, 5) is 48.9. The van der Waals surface area contributed by atoms with Crippen molar-refractivity contribution in [2.45, 2.75) is 40.2 Å². The number of aromatic nitrogens is 1. The van der Waals surface area contributed by atoms with Gasteiger partial charge in [0, 0.05) is 58.2 Å². The predicted molar refractivity (Wildman–Crippen MR) is 163 cm³/mol. The number of carbonyl (C=O) groups excluding carboxylic acids is 3. The van der Waals surface area contributed by atoms with E-state index in [4.69, 9.17) is 4.74 Å². The second-order valence-electron chi connectivity index (χ2n) is 10.6. The molecule has 2 aromatic heterocycles. The Morgan fingerprint density at radius 2 is 1.80 bits per heavy atom. The molecule has 0 fully saturated rings. The molecule has 1 N–H and O–H groups in total. The number of fused-ring (bicyclic) bond motifs is 1. The summed E-state index contributed by atoms with van der Waals surface area (Å²) in [5, 5.41) is 4.90. The van der Waals surface area contributed by atoms with E-state index in [0.29, 0.717) is 36.8 Å². The number of hydrogen-bond donors (Lipinski definition) is 1. The van der Waals surface area contributed by atoms with Crippen molar-refractivity contribution in [1.29, 1.82) is 0 Å². The van der Waals surface area contributed by atoms with Crippen molar-refractivity contribution in [1.82, 2.24) is 15.2 Å². The van der Waals surface area contributed by atoms with Crippen LogP contribution in [0.25, 0.3) is 0 Å². The van der Waals surface area contributed by atoms with E-state index < -0.39 is 5.41 Å². The molecule has 0 saturated heterocycles. The number of rotatable bonds is 13. The van der Waals surface area contributed by atoms with Crippen molar-refractivity contribution in [2.75, 3.05) is 49.6 Å². The summed E-state index contributed by atoms with van der Waals surface area (Å²) in [5.74, 6) is 0.181. The number of nitrogens with zero attached hydrogens (tertiary/aromatic N) is 4. The molecule has 1 aliphatic rings. The van der Waals surface area contributed by atoms with E-state index >= 15 is 0 Å². The molecule has 10 heteroatoms. The van der Waals surface area contributed by atoms with E-state index in [0.717, 1.165) is 37.4 Å². The highest BCUT2D eigenvalue weighted by Gasteiger charge is 2.45. The highest BCUT2D eigenvalue weighted by Crippen LogP contribution is 2.40. The number of carbonyl (C=O) groups is 3. The Balaban J connectivity index is 1.34. The van der Waals surface area contributed by atoms with Crippen LogP contribution in [0.1, 0.15) is 48.8 Å². The van der Waals surface area contributed by atoms with E-state index in [9.17, 15) is 14.4 Å². The zero-order valence-corrected chi connectivity index (χ0v) is 25.1. The van der Waals surface area contributed by atoms with Crippen LogP contribution < -0.4 is 19.9 Å². The van der Waals surface area contributed by atoms with Crippen molar-refractivity contribution >= 4 is 40.4 Å². The van der Waals surface area contributed by atoms with Crippen LogP contribution in [0.3, 0.4) is 0 Å². The molecule has 3 aromatic rings. The van der Waals surface area contributed by atoms with Gasteiger partial charge in [0.1, 0.15) is 11.2 Å². The predicted octanol–water partition coefficient (Wildman–Crippen LogP) is 4.59. The fourth-order valence-corrected chi connectivity index (χ4v) is 5.60. The maximum Gasteiger partial charge on any atom is 0.261 e. The molecule has 3 amide bonds. The molecular formula is C31H39N5O4S. The van der Waals surface area contributed by atoms with Gasteiger partial charge in [-0.1, -0.05) is 6.07 Å². The number of pyridine rings is 1. The first-order chi connectivity index (χ1) is 19.7. The fourth-order valence-electron chi connectivity index (χ4n) is 4.96. The Morgan fingerprint density at radius 1 is 1.05 bits per heavy atom. The van der Waals surface area contributed by atoms with Crippen LogP contribution in [0.4, 0.5) is 11.4 Å². The van der Waals surface area contributed by atoms with Crippen LogP contribution >= 0.6 is 11.3 Å². The third kappa shape index (κ3) is 7.31. The normalized spacial score (nSPS) is 14.7. The highest BCUT2D eigenvalue weighted by molar-refractivity contribution is 7.12. The van der Waals surface area contributed by atoms with Gasteiger partial charge >= 0.3 is 0 Å². The van der Waals surface area contributed by atoms with Crippen LogP contribution in [0, 0.1) is 5.41 Å². The molecule has 0 saturated carbocycles. The molecule has 9 nitrogen and oxygen atoms in total. The van der Waals surface area contributed by atoms with Crippen LogP contribution in [0.15, 0.2) is 60.2 Å². The number of amides is 3. The van der Waals surface area contributed by atoms with Gasteiger partial charge in [-0.3, -0.25) is 24.3 Å². The Morgan fingerprint density at radius 3 is 2.51 bits per heavy atom. The summed E-state index contributed by atoms with van der Waals surface area (Å²) in [6.07, 6.45) is 5.22. The molecule has 0 atom stereocenters. The molecule has 1 aliphatic heterocycles. The summed E-state index contributed by atoms with van der Waals surface area (Å²) in [6, 6.07) is 13.3. The maximum atomic E-state index is 13.1. The Hall–Kier alpha value is -3.76. The summed E-state index contributed by atoms with van der Waals surface area (Å²) in [7, 11) is 1.71. The van der Waals surface area contributed by atoms with Gasteiger partial charge in [0.25, 0.3) is 5.91 Å². The third-order valence-electron chi connectivity index (χ3n) is 7.26. The average molecular weight is 578 g/mol. The van der Waals surface area contributed by atoms with Crippen molar-refractivity contribution in [3.05, 3.63) is 70.7 Å². The minimum Gasteiger partial charge on any atom is -0.493 e. The van der Waals surface area contributed by atoms with E-state index in [1.165, 1.54) is 16.9 Å². The van der Waals surface area contributed by atoms with E-state index in [1.807, 2.05) is 54.8 Å². The number of hydrogen-bond acceptors (Lipinski definition) is 7. The summed E-state index contributed by atoms with van der Waals surface area (Å²) in [5.41, 5.74) is 1.41. The van der Waals surface area contributed by atoms with E-state index in [-0.39, 0.29) is 17.7 Å². The van der Waals surface area contributed by atoms with Gasteiger partial charge in [0.15, 0.2) is 0 Å². The number of anilines is 2. The van der Waals surface area contributed by atoms with Crippen molar-refractivity contribution < 1.29 is 19.1 Å². The molecule has 4 rings (SSSR count). The molecular weight excluding hydrogens is 538 g/mol. The van der Waals surface area contributed by atoms with Crippen LogP contribution in [0.5, 0.6) is 5.75 Å². The number of benzene rings is 1. The van der Waals surface area contributed by atoms with Gasteiger partial charge in [0.2, 0.25) is 11.8 Å². The standard InChI is InChI=1S/C31H39N5O4S/c1-5-36-25-11-10-24(21-26(25)34(4)29(38)31(2,3)30(36)39)40-19-8-18-35(22-23-12-15-32-16-13-23)17-7-14-33-28(37)27-9-6-20-41-27/h6,9-13,15-16,20-21H,5,7-8,14,17-19,22H2,1-4H3,(H,33,37). The van der Waals surface area contributed by atoms with Gasteiger partial charge < -0.3 is 19.9 Å². The Labute approximate surface area is 246 Å². The lowest BCUT2D eigenvalue weighted by molar-refractivity contribution is -0.137. The van der Waals surface area contributed by atoms with Gasteiger partial charge in [0.05, 0.1) is 22.9 Å². The first-order valence-electron chi connectivity index (χ1n) is 14.0. The molecule has 218 valence electrons. The smallest absolute Gasteiger partial charge is 0.261 e. The first-order valence-corrected chi connectivity index (χ1v) is 14.9. The molecule has 0 spiro atoms. The van der Waals surface area contributed by atoms with E-state index in [1.54, 1.807) is 43.1 Å². The molecule has 41 heavy (non-hydrogen) atoms. The van der Waals surface area contributed by atoms with Gasteiger partial charge in [-0.15, -0.1) is 11.3 Å². The van der Waals surface area contributed by atoms with Gasteiger partial charge in [-0.25, -0.2) is 0 Å². The van der Waals surface area contributed by atoms with Crippen LogP contribution in [-0.2, 0) is 16.1 Å². The average Bonchev–Trinajstić information content (AvgIpc) is 3.51. The summed E-state index contributed by atoms with van der Waals surface area (Å²) >= 11 is 1.44. The summed E-state index contributed by atoms with van der Waals surface area (Å²) in [6.45, 7) is 9.27. The second kappa shape index (κ2) is 13.7. The zero-order valence-electron chi connectivity index (χ0n) is 24.3. The topological polar surface area (TPSA) is 95.1 Å². The van der Waals surface area contributed by atoms with Crippen molar-refractivity contribution in [2.24, 2.45) is 5.41 Å². The number of ether oxygens (including phenoxy) is 1. The monoisotopic (exact) mass is 577 g/mol. The minimum atomic E-state index is -1.14. The SMILES string of the molecule is CCN1C(=O)C(C)(C)C(=O)N(C)c2cc(OCCCN(CCCNC(=O)c3cccs3)Cc3ccncc3)ccc21. The minimum absolute atomic E-state index is 0.0304. The van der Waals surface area contributed by atoms with Crippen LogP contribution in [0.2, 0.25) is 0 Å². The lowest BCUT2D eigenvalue weighted by atomic mass is 9.90. The summed E-state index contributed by atoms with van der Waals surface area (Å²) < 4.78 is 6.11. The zero-order chi connectivity index (χ0) is 29.4. The Bertz CT molecular complexity index is 1330. The second-order valence-corrected chi connectivity index (χ2v) is 11.6. The molecule has 3 heterocycles. The lowest BCUT2D eigenvalue weighted by Gasteiger charge is -2.27. The number of nitrogens with one attached hydrogen (secondary N) is 1. The third-order valence-corrected chi connectivity index (χ3v) is 8.13. The molecule has 0 bridgehead atoms. The highest BCUT2D eigenvalue weighted by atomic mass is 32.1. The largest absolute Gasteiger partial charge is 0.493 e. The Kier molecular flexibility index (Phi) is 10.1. The molecule has 1 aromatic carbocycles. The van der Waals surface area contributed by atoms with Gasteiger partial charge in [-0.2, -0.15) is 0 Å². The van der Waals surface area contributed by atoms with Gasteiger partial charge in [-0.05, 0) is 74.9 Å². The van der Waals surface area contributed by atoms with E-state index in [2.05, 4.69) is 15.2 Å². The van der Waals surface area contributed by atoms with Crippen molar-refractivity contribution in [3.8, 4) is 5.75 Å². The molecule has 0 radical (unpaired) electrons. The fraction of sp³-hybridized carbons (Fsp3) is 0.419. The lowest BCUT2D eigenvalue weighted by Crippen LogP contribution is -2.47. The maximum absolute atomic E-state index is 13.1.